The molecule has 0 radical (unpaired) electrons. The van der Waals surface area contributed by atoms with Crippen LogP contribution in [0.2, 0.25) is 0 Å². The largest absolute Gasteiger partial charge is 0.368 e. The summed E-state index contributed by atoms with van der Waals surface area (Å²) in [5.41, 5.74) is 3.38. The fraction of sp³-hybridized carbons (Fsp3) is 0.464. The van der Waals surface area contributed by atoms with Crippen LogP contribution in [0.1, 0.15) is 37.8 Å². The van der Waals surface area contributed by atoms with Crippen LogP contribution in [0.3, 0.4) is 0 Å². The molecular formula is C28H36N4O3. The maximum Gasteiger partial charge on any atom is 0.243 e. The Morgan fingerprint density at radius 2 is 1.60 bits per heavy atom. The molecule has 3 amide bonds. The van der Waals surface area contributed by atoms with Gasteiger partial charge in [0.15, 0.2) is 0 Å². The Balaban J connectivity index is 1.30. The van der Waals surface area contributed by atoms with E-state index in [1.54, 1.807) is 4.90 Å². The minimum absolute atomic E-state index is 0.00881. The molecule has 35 heavy (non-hydrogen) atoms. The monoisotopic (exact) mass is 476 g/mol. The predicted octanol–water partition coefficient (Wildman–Crippen LogP) is 2.84. The van der Waals surface area contributed by atoms with Crippen molar-refractivity contribution in [2.75, 3.05) is 37.6 Å². The van der Waals surface area contributed by atoms with Gasteiger partial charge in [0.25, 0.3) is 0 Å². The number of nitrogens with one attached hydrogen (secondary N) is 1. The maximum atomic E-state index is 13.2. The van der Waals surface area contributed by atoms with E-state index in [-0.39, 0.29) is 36.6 Å². The first kappa shape index (κ1) is 24.8. The SMILES string of the molecule is CC[C@H](C)C(=O)N1Cc2ccccc2C[C@H]1C(=O)NCCC(=O)N1CCN(c2ccccc2)CC1. The summed E-state index contributed by atoms with van der Waals surface area (Å²) >= 11 is 0. The van der Waals surface area contributed by atoms with Crippen LogP contribution in [0.25, 0.3) is 0 Å². The van der Waals surface area contributed by atoms with Crippen LogP contribution in [0.4, 0.5) is 5.69 Å². The van der Waals surface area contributed by atoms with Crippen molar-refractivity contribution in [2.24, 2.45) is 5.92 Å². The molecule has 1 saturated heterocycles. The molecule has 2 aromatic carbocycles. The van der Waals surface area contributed by atoms with Gasteiger partial charge in [0.05, 0.1) is 0 Å². The lowest BCUT2D eigenvalue weighted by atomic mass is 9.92. The molecular weight excluding hydrogens is 440 g/mol. The Labute approximate surface area is 208 Å². The summed E-state index contributed by atoms with van der Waals surface area (Å²) in [7, 11) is 0. The van der Waals surface area contributed by atoms with Crippen LogP contribution < -0.4 is 10.2 Å². The van der Waals surface area contributed by atoms with Gasteiger partial charge in [-0.3, -0.25) is 14.4 Å². The van der Waals surface area contributed by atoms with Gasteiger partial charge in [-0.25, -0.2) is 0 Å². The fourth-order valence-electron chi connectivity index (χ4n) is 4.87. The summed E-state index contributed by atoms with van der Waals surface area (Å²) in [4.78, 5) is 44.8. The van der Waals surface area contributed by atoms with E-state index in [0.29, 0.717) is 26.1 Å². The number of piperazine rings is 1. The summed E-state index contributed by atoms with van der Waals surface area (Å²) in [6.45, 7) is 7.58. The molecule has 1 N–H and O–H groups in total. The molecule has 2 aliphatic rings. The second-order valence-electron chi connectivity index (χ2n) is 9.51. The number of hydrogen-bond acceptors (Lipinski definition) is 4. The number of rotatable bonds is 7. The van der Waals surface area contributed by atoms with Gasteiger partial charge >= 0.3 is 0 Å². The number of anilines is 1. The van der Waals surface area contributed by atoms with E-state index < -0.39 is 6.04 Å². The van der Waals surface area contributed by atoms with Gasteiger partial charge < -0.3 is 20.0 Å². The first-order valence-corrected chi connectivity index (χ1v) is 12.7. The van der Waals surface area contributed by atoms with Crippen LogP contribution in [-0.4, -0.2) is 66.3 Å². The smallest absolute Gasteiger partial charge is 0.243 e. The van der Waals surface area contributed by atoms with Gasteiger partial charge in [0.2, 0.25) is 17.7 Å². The highest BCUT2D eigenvalue weighted by Gasteiger charge is 2.35. The second kappa shape index (κ2) is 11.4. The molecule has 0 spiro atoms. The molecule has 2 atom stereocenters. The summed E-state index contributed by atoms with van der Waals surface area (Å²) in [6.07, 6.45) is 1.50. The Kier molecular flexibility index (Phi) is 8.06. The van der Waals surface area contributed by atoms with Crippen molar-refractivity contribution < 1.29 is 14.4 Å². The van der Waals surface area contributed by atoms with E-state index in [4.69, 9.17) is 0 Å². The zero-order valence-electron chi connectivity index (χ0n) is 20.8. The first-order valence-electron chi connectivity index (χ1n) is 12.7. The van der Waals surface area contributed by atoms with Crippen molar-refractivity contribution >= 4 is 23.4 Å². The number of fused-ring (bicyclic) bond motifs is 1. The molecule has 7 nitrogen and oxygen atoms in total. The average Bonchev–Trinajstić information content (AvgIpc) is 2.91. The van der Waals surface area contributed by atoms with Gasteiger partial charge in [-0.2, -0.15) is 0 Å². The standard InChI is InChI=1S/C28H36N4O3/c1-3-21(2)28(35)32-20-23-10-8-7-9-22(23)19-25(32)27(34)29-14-13-26(33)31-17-15-30(16-18-31)24-11-5-4-6-12-24/h4-12,21,25H,3,13-20H2,1-2H3,(H,29,34)/t21-,25-/m0/s1. The van der Waals surface area contributed by atoms with Gasteiger partial charge in [-0.15, -0.1) is 0 Å². The van der Waals surface area contributed by atoms with Crippen molar-refractivity contribution in [1.82, 2.24) is 15.1 Å². The van der Waals surface area contributed by atoms with E-state index in [1.807, 2.05) is 61.2 Å². The van der Waals surface area contributed by atoms with Gasteiger partial charge in [0.1, 0.15) is 6.04 Å². The number of hydrogen-bond donors (Lipinski definition) is 1. The summed E-state index contributed by atoms with van der Waals surface area (Å²) in [5.74, 6) is -0.251. The normalized spacial score (nSPS) is 18.6. The molecule has 0 unspecified atom stereocenters. The number of nitrogens with zero attached hydrogens (tertiary/aromatic N) is 3. The lowest BCUT2D eigenvalue weighted by molar-refractivity contribution is -0.144. The van der Waals surface area contributed by atoms with E-state index >= 15 is 0 Å². The molecule has 0 bridgehead atoms. The molecule has 4 rings (SSSR count). The summed E-state index contributed by atoms with van der Waals surface area (Å²) in [6, 6.07) is 17.7. The molecule has 2 aromatic rings. The molecule has 2 aliphatic heterocycles. The lowest BCUT2D eigenvalue weighted by Gasteiger charge is -2.37. The Morgan fingerprint density at radius 1 is 0.943 bits per heavy atom. The second-order valence-corrected chi connectivity index (χ2v) is 9.51. The molecule has 0 saturated carbocycles. The van der Waals surface area contributed by atoms with Gasteiger partial charge in [0, 0.05) is 63.7 Å². The lowest BCUT2D eigenvalue weighted by Crippen LogP contribution is -2.54. The summed E-state index contributed by atoms with van der Waals surface area (Å²) < 4.78 is 0. The third kappa shape index (κ3) is 5.84. The van der Waals surface area contributed by atoms with E-state index in [1.165, 1.54) is 5.69 Å². The highest BCUT2D eigenvalue weighted by atomic mass is 16.2. The number of carbonyl (C=O) groups is 3. The van der Waals surface area contributed by atoms with Gasteiger partial charge in [-0.1, -0.05) is 56.3 Å². The minimum Gasteiger partial charge on any atom is -0.368 e. The Morgan fingerprint density at radius 3 is 2.29 bits per heavy atom. The van der Waals surface area contributed by atoms with Crippen molar-refractivity contribution in [3.8, 4) is 0 Å². The number of amides is 3. The van der Waals surface area contributed by atoms with E-state index in [0.717, 1.165) is 30.6 Å². The van der Waals surface area contributed by atoms with E-state index in [2.05, 4.69) is 22.3 Å². The molecule has 186 valence electrons. The van der Waals surface area contributed by atoms with Crippen molar-refractivity contribution in [2.45, 2.75) is 45.7 Å². The third-order valence-electron chi connectivity index (χ3n) is 7.26. The van der Waals surface area contributed by atoms with Crippen LogP contribution in [0.5, 0.6) is 0 Å². The predicted molar refractivity (Wildman–Crippen MR) is 137 cm³/mol. The van der Waals surface area contributed by atoms with Crippen molar-refractivity contribution in [3.05, 3.63) is 65.7 Å². The van der Waals surface area contributed by atoms with Crippen LogP contribution in [-0.2, 0) is 27.3 Å². The summed E-state index contributed by atoms with van der Waals surface area (Å²) in [5, 5.41) is 2.94. The molecule has 7 heteroatoms. The number of benzene rings is 2. The highest BCUT2D eigenvalue weighted by molar-refractivity contribution is 5.89. The van der Waals surface area contributed by atoms with Crippen LogP contribution >= 0.6 is 0 Å². The van der Waals surface area contributed by atoms with Crippen molar-refractivity contribution in [1.29, 1.82) is 0 Å². The third-order valence-corrected chi connectivity index (χ3v) is 7.26. The first-order chi connectivity index (χ1) is 17.0. The van der Waals surface area contributed by atoms with Crippen molar-refractivity contribution in [3.63, 3.8) is 0 Å². The molecule has 0 aliphatic carbocycles. The number of carbonyl (C=O) groups excluding carboxylic acids is 3. The topological polar surface area (TPSA) is 73.0 Å². The molecule has 1 fully saturated rings. The molecule has 2 heterocycles. The average molecular weight is 477 g/mol. The zero-order chi connectivity index (χ0) is 24.8. The Hall–Kier alpha value is -3.35. The number of para-hydroxylation sites is 1. The highest BCUT2D eigenvalue weighted by Crippen LogP contribution is 2.25. The fourth-order valence-corrected chi connectivity index (χ4v) is 4.87. The van der Waals surface area contributed by atoms with E-state index in [9.17, 15) is 14.4 Å². The van der Waals surface area contributed by atoms with Crippen LogP contribution in [0.15, 0.2) is 54.6 Å². The van der Waals surface area contributed by atoms with Gasteiger partial charge in [-0.05, 0) is 29.7 Å². The quantitative estimate of drug-likeness (QED) is 0.667. The van der Waals surface area contributed by atoms with Crippen LogP contribution in [0, 0.1) is 5.92 Å². The minimum atomic E-state index is -0.545. The molecule has 0 aromatic heterocycles. The maximum absolute atomic E-state index is 13.2. The zero-order valence-corrected chi connectivity index (χ0v) is 20.8. The Bertz CT molecular complexity index is 1030.